The zero-order valence-electron chi connectivity index (χ0n) is 15.5. The molecule has 0 saturated carbocycles. The molecule has 0 spiro atoms. The van der Waals surface area contributed by atoms with Gasteiger partial charge in [0.05, 0.1) is 12.1 Å². The van der Waals surface area contributed by atoms with Crippen LogP contribution in [0, 0.1) is 0 Å². The van der Waals surface area contributed by atoms with Crippen LogP contribution in [0.5, 0.6) is 0 Å². The van der Waals surface area contributed by atoms with Crippen molar-refractivity contribution >= 4 is 11.7 Å². The molecular formula is C19H27N5O2. The predicted molar refractivity (Wildman–Crippen MR) is 99.9 cm³/mol. The fraction of sp³-hybridized carbons (Fsp3) is 0.526. The van der Waals surface area contributed by atoms with Crippen LogP contribution in [-0.4, -0.2) is 62.7 Å². The van der Waals surface area contributed by atoms with E-state index in [1.165, 1.54) is 0 Å². The minimum absolute atomic E-state index is 0.0268. The Morgan fingerprint density at radius 2 is 2.19 bits per heavy atom. The number of hydrogen-bond acceptors (Lipinski definition) is 5. The highest BCUT2D eigenvalue weighted by atomic mass is 16.3. The third-order valence-electron chi connectivity index (χ3n) is 4.91. The summed E-state index contributed by atoms with van der Waals surface area (Å²) < 4.78 is 1.87. The first-order chi connectivity index (χ1) is 12.5. The second kappa shape index (κ2) is 7.86. The number of aromatic nitrogens is 3. The van der Waals surface area contributed by atoms with Crippen LogP contribution in [0.15, 0.2) is 36.8 Å². The summed E-state index contributed by atoms with van der Waals surface area (Å²) in [7, 11) is 1.75. The Kier molecular flexibility index (Phi) is 5.56. The van der Waals surface area contributed by atoms with Gasteiger partial charge in [-0.3, -0.25) is 4.79 Å². The number of aryl methyl sites for hydroxylation is 1. The van der Waals surface area contributed by atoms with Crippen LogP contribution in [0.4, 0.5) is 5.82 Å². The van der Waals surface area contributed by atoms with Gasteiger partial charge in [-0.1, -0.05) is 13.0 Å². The number of nitrogens with zero attached hydrogens (tertiary/aromatic N) is 5. The van der Waals surface area contributed by atoms with Gasteiger partial charge >= 0.3 is 0 Å². The molecule has 1 saturated heterocycles. The second-order valence-corrected chi connectivity index (χ2v) is 7.01. The number of imidazole rings is 1. The van der Waals surface area contributed by atoms with Gasteiger partial charge in [0, 0.05) is 45.1 Å². The Morgan fingerprint density at radius 3 is 2.92 bits per heavy atom. The lowest BCUT2D eigenvalue weighted by Gasteiger charge is -2.41. The number of piperidine rings is 1. The summed E-state index contributed by atoms with van der Waals surface area (Å²) in [6, 6.07) is 5.78. The smallest absolute Gasteiger partial charge is 0.242 e. The molecule has 1 N–H and O–H groups in total. The van der Waals surface area contributed by atoms with Crippen molar-refractivity contribution in [1.29, 1.82) is 0 Å². The first kappa shape index (κ1) is 18.4. The number of rotatable bonds is 6. The maximum atomic E-state index is 12.6. The molecule has 3 rings (SSSR count). The number of likely N-dealkylation sites (N-methyl/N-ethyl adjacent to an activating group) is 1. The molecule has 1 atom stereocenters. The van der Waals surface area contributed by atoms with Crippen molar-refractivity contribution in [3.05, 3.63) is 42.6 Å². The topological polar surface area (TPSA) is 74.5 Å². The highest BCUT2D eigenvalue weighted by Crippen LogP contribution is 2.25. The predicted octanol–water partition coefficient (Wildman–Crippen LogP) is 1.33. The molecule has 1 aliphatic rings. The van der Waals surface area contributed by atoms with Crippen LogP contribution in [0.3, 0.4) is 0 Å². The van der Waals surface area contributed by atoms with E-state index in [2.05, 4.69) is 14.9 Å². The fourth-order valence-electron chi connectivity index (χ4n) is 3.57. The van der Waals surface area contributed by atoms with Crippen LogP contribution >= 0.6 is 0 Å². The van der Waals surface area contributed by atoms with Crippen LogP contribution in [-0.2, 0) is 17.8 Å². The molecule has 1 aliphatic heterocycles. The summed E-state index contributed by atoms with van der Waals surface area (Å²) in [4.78, 5) is 24.9. The largest absolute Gasteiger partial charge is 0.386 e. The van der Waals surface area contributed by atoms with E-state index in [0.717, 1.165) is 31.0 Å². The lowest BCUT2D eigenvalue weighted by atomic mass is 9.92. The zero-order chi connectivity index (χ0) is 18.6. The van der Waals surface area contributed by atoms with E-state index in [1.54, 1.807) is 24.3 Å². The molecule has 7 heteroatoms. The van der Waals surface area contributed by atoms with Gasteiger partial charge in [0.2, 0.25) is 5.91 Å². The van der Waals surface area contributed by atoms with Crippen molar-refractivity contribution in [3.8, 4) is 0 Å². The number of carbonyl (C=O) groups is 1. The van der Waals surface area contributed by atoms with E-state index < -0.39 is 5.60 Å². The molecule has 3 heterocycles. The number of carbonyl (C=O) groups excluding carboxylic acids is 1. The highest BCUT2D eigenvalue weighted by molar-refractivity contribution is 5.75. The number of β-amino-alcohol motifs (C(OH)–C–C–N with tert-alkyl or cyclic N) is 1. The van der Waals surface area contributed by atoms with Crippen molar-refractivity contribution in [2.45, 2.75) is 38.3 Å². The van der Waals surface area contributed by atoms with E-state index in [4.69, 9.17) is 0 Å². The van der Waals surface area contributed by atoms with Crippen molar-refractivity contribution in [2.24, 2.45) is 0 Å². The van der Waals surface area contributed by atoms with Gasteiger partial charge in [-0.25, -0.2) is 9.97 Å². The molecule has 26 heavy (non-hydrogen) atoms. The molecule has 7 nitrogen and oxygen atoms in total. The van der Waals surface area contributed by atoms with E-state index in [-0.39, 0.29) is 12.5 Å². The van der Waals surface area contributed by atoms with E-state index >= 15 is 0 Å². The molecule has 1 amide bonds. The maximum absolute atomic E-state index is 12.6. The Bertz CT molecular complexity index is 733. The number of pyridine rings is 1. The molecule has 0 aliphatic carbocycles. The summed E-state index contributed by atoms with van der Waals surface area (Å²) in [6.45, 7) is 3.92. The standard InChI is InChI=1S/C19H27N5O2/c1-3-16-21-10-12-23(16)13-18(25)22(2)14-19(26)8-6-11-24(15-19)17-7-4-5-9-20-17/h4-5,7,9-10,12,26H,3,6,8,11,13-15H2,1-2H3. The van der Waals surface area contributed by atoms with Crippen LogP contribution in [0.25, 0.3) is 0 Å². The van der Waals surface area contributed by atoms with Gasteiger partial charge in [-0.2, -0.15) is 0 Å². The minimum Gasteiger partial charge on any atom is -0.386 e. The molecule has 140 valence electrons. The fourth-order valence-corrected chi connectivity index (χ4v) is 3.57. The average molecular weight is 357 g/mol. The lowest BCUT2D eigenvalue weighted by molar-refractivity contribution is -0.134. The molecule has 1 fully saturated rings. The first-order valence-corrected chi connectivity index (χ1v) is 9.13. The zero-order valence-corrected chi connectivity index (χ0v) is 15.5. The third kappa shape index (κ3) is 4.22. The van der Waals surface area contributed by atoms with E-state index in [9.17, 15) is 9.90 Å². The Hall–Kier alpha value is -2.41. The van der Waals surface area contributed by atoms with Crippen molar-refractivity contribution in [1.82, 2.24) is 19.4 Å². The van der Waals surface area contributed by atoms with Gasteiger partial charge < -0.3 is 19.5 Å². The van der Waals surface area contributed by atoms with Gasteiger partial charge in [0.1, 0.15) is 18.2 Å². The summed E-state index contributed by atoms with van der Waals surface area (Å²) in [5.74, 6) is 1.73. The maximum Gasteiger partial charge on any atom is 0.242 e. The molecule has 1 unspecified atom stereocenters. The summed E-state index contributed by atoms with van der Waals surface area (Å²) >= 11 is 0. The number of anilines is 1. The Labute approximate surface area is 154 Å². The highest BCUT2D eigenvalue weighted by Gasteiger charge is 2.35. The Morgan fingerprint density at radius 1 is 1.35 bits per heavy atom. The summed E-state index contributed by atoms with van der Waals surface area (Å²) in [5, 5.41) is 11.1. The normalized spacial score (nSPS) is 20.2. The first-order valence-electron chi connectivity index (χ1n) is 9.13. The Balaban J connectivity index is 1.62. The van der Waals surface area contributed by atoms with Gasteiger partial charge in [-0.05, 0) is 25.0 Å². The van der Waals surface area contributed by atoms with Gasteiger partial charge in [-0.15, -0.1) is 0 Å². The van der Waals surface area contributed by atoms with E-state index in [1.807, 2.05) is 35.9 Å². The van der Waals surface area contributed by atoms with Crippen LogP contribution in [0.2, 0.25) is 0 Å². The van der Waals surface area contributed by atoms with Crippen molar-refractivity contribution in [3.63, 3.8) is 0 Å². The monoisotopic (exact) mass is 357 g/mol. The number of amides is 1. The molecule has 0 aromatic carbocycles. The lowest BCUT2D eigenvalue weighted by Crippen LogP contribution is -2.55. The summed E-state index contributed by atoms with van der Waals surface area (Å²) in [5.41, 5.74) is -0.928. The van der Waals surface area contributed by atoms with Crippen molar-refractivity contribution < 1.29 is 9.90 Å². The van der Waals surface area contributed by atoms with Gasteiger partial charge in [0.25, 0.3) is 0 Å². The number of hydrogen-bond donors (Lipinski definition) is 1. The van der Waals surface area contributed by atoms with Crippen LogP contribution in [0.1, 0.15) is 25.6 Å². The molecule has 0 bridgehead atoms. The molecule has 2 aromatic heterocycles. The average Bonchev–Trinajstić information content (AvgIpc) is 3.09. The van der Waals surface area contributed by atoms with Crippen LogP contribution < -0.4 is 4.90 Å². The molecule has 0 radical (unpaired) electrons. The molecular weight excluding hydrogens is 330 g/mol. The quantitative estimate of drug-likeness (QED) is 0.844. The molecule has 2 aromatic rings. The van der Waals surface area contributed by atoms with Crippen molar-refractivity contribution in [2.75, 3.05) is 31.6 Å². The number of aliphatic hydroxyl groups is 1. The second-order valence-electron chi connectivity index (χ2n) is 7.01. The SMILES string of the molecule is CCc1nccn1CC(=O)N(C)CC1(O)CCCN(c2ccccn2)C1. The minimum atomic E-state index is -0.928. The summed E-state index contributed by atoms with van der Waals surface area (Å²) in [6.07, 6.45) is 7.63. The van der Waals surface area contributed by atoms with E-state index in [0.29, 0.717) is 19.5 Å². The van der Waals surface area contributed by atoms with Gasteiger partial charge in [0.15, 0.2) is 0 Å². The third-order valence-corrected chi connectivity index (χ3v) is 4.91.